The van der Waals surface area contributed by atoms with Crippen molar-refractivity contribution in [2.45, 2.75) is 0 Å². The maximum absolute atomic E-state index is 2.92. The molecule has 0 aliphatic rings. The molecule has 0 aliphatic carbocycles. The molecule has 0 amide bonds. The highest BCUT2D eigenvalue weighted by Crippen LogP contribution is 1.78. The monoisotopic (exact) mass is 219 g/mol. The van der Waals surface area contributed by atoms with Crippen LogP contribution in [0.2, 0.25) is 0 Å². The molecule has 84 valence electrons. The summed E-state index contributed by atoms with van der Waals surface area (Å²) >= 11 is 0. The molecule has 0 atom stereocenters. The average molecular weight is 219 g/mol. The second kappa shape index (κ2) is 1.91. The van der Waals surface area contributed by atoms with Gasteiger partial charge in [-0.1, -0.05) is 19.0 Å². The van der Waals surface area contributed by atoms with E-state index in [9.17, 15) is 0 Å². The van der Waals surface area contributed by atoms with Crippen molar-refractivity contribution in [2.75, 3.05) is 0 Å². The van der Waals surface area contributed by atoms with Gasteiger partial charge in [0, 0.05) is 0 Å². The summed E-state index contributed by atoms with van der Waals surface area (Å²) in [6.07, 6.45) is 0. The van der Waals surface area contributed by atoms with Gasteiger partial charge in [0.2, 0.25) is 0 Å². The van der Waals surface area contributed by atoms with Gasteiger partial charge in [-0.15, -0.1) is 0 Å². The Hall–Kier alpha value is -3.00. The second-order valence-electron chi connectivity index (χ2n) is 2.80. The predicted octanol–water partition coefficient (Wildman–Crippen LogP) is -2.93. The third kappa shape index (κ3) is 0.617. The lowest BCUT2D eigenvalue weighted by atomic mass is 12.0. The first kappa shape index (κ1) is 6.45. The van der Waals surface area contributed by atoms with Crippen molar-refractivity contribution in [2.24, 2.45) is 0 Å². The summed E-state index contributed by atoms with van der Waals surface area (Å²) in [7, 11) is 0. The number of hydrogen-bond acceptors (Lipinski definition) is 0. The summed E-state index contributed by atoms with van der Waals surface area (Å²) in [4.78, 5) is 0. The van der Waals surface area contributed by atoms with Crippen molar-refractivity contribution >= 4 is 0 Å². The molecule has 0 saturated heterocycles. The maximum Gasteiger partial charge on any atom is -0.00834 e. The van der Waals surface area contributed by atoms with Gasteiger partial charge in [0.15, 0.2) is 0 Å². The van der Waals surface area contributed by atoms with Crippen LogP contribution in [0.3, 0.4) is 0 Å². The molecular weight excluding hydrogens is 210 g/mol. The smallest absolute Gasteiger partial charge is 0.00834 e. The fraction of sp³-hybridized carbons (Fsp3) is 0. The first-order valence-corrected chi connectivity index (χ1v) is 4.04. The zero-order chi connectivity index (χ0) is 9.83. The van der Waals surface area contributed by atoms with Gasteiger partial charge in [-0.2, -0.15) is 36.5 Å². The van der Waals surface area contributed by atoms with Gasteiger partial charge in [0.1, 0.15) is 0 Å². The standard InChI is InChI=1S/H9N15/c1-3-10-7-8-11-4-2-6-13-9-12(5-1)14(10)15(11)13/h1-9H. The maximum atomic E-state index is 2.92. The summed E-state index contributed by atoms with van der Waals surface area (Å²) < 4.78 is 9.39. The number of rotatable bonds is 0. The van der Waals surface area contributed by atoms with Gasteiger partial charge >= 0.3 is 0 Å². The van der Waals surface area contributed by atoms with E-state index in [0.717, 1.165) is 0 Å². The molecule has 15 heavy (non-hydrogen) atoms. The molecule has 4 rings (SSSR count). The third-order valence-electron chi connectivity index (χ3n) is 1.97. The number of hydrogen-bond donors (Lipinski definition) is 9. The Kier molecular flexibility index (Phi) is 0.822. The largest absolute Gasteiger partial charge is 0.209 e. The van der Waals surface area contributed by atoms with Crippen LogP contribution in [0.25, 0.3) is 0 Å². The average Bonchev–Trinajstić information content (AvgIpc) is 2.66. The van der Waals surface area contributed by atoms with Crippen molar-refractivity contribution in [3.63, 3.8) is 0 Å². The minimum atomic E-state index is 1.52. The van der Waals surface area contributed by atoms with E-state index in [1.807, 2.05) is 0 Å². The number of aromatic nitrogens is 15. The summed E-state index contributed by atoms with van der Waals surface area (Å²) in [5.74, 6) is 0. The lowest BCUT2D eigenvalue weighted by Crippen LogP contribution is -2.31. The molecular formula is H9N15. The first-order chi connectivity index (χ1) is 7.43. The van der Waals surface area contributed by atoms with Crippen LogP contribution in [-0.4, -0.2) is 75.4 Å². The predicted molar refractivity (Wildman–Crippen MR) is 41.7 cm³/mol. The van der Waals surface area contributed by atoms with E-state index in [2.05, 4.69) is 46.9 Å². The zero-order valence-corrected chi connectivity index (χ0v) is 7.18. The Labute approximate surface area is 76.5 Å². The van der Waals surface area contributed by atoms with E-state index in [0.29, 0.717) is 0 Å². The number of aromatic amines is 9. The third-order valence-corrected chi connectivity index (χ3v) is 1.97. The first-order valence-electron chi connectivity index (χ1n) is 4.04. The molecule has 15 heteroatoms. The van der Waals surface area contributed by atoms with Crippen molar-refractivity contribution in [1.29, 1.82) is 0 Å². The molecule has 0 unspecified atom stereocenters. The highest BCUT2D eigenvalue weighted by Gasteiger charge is 2.02. The molecule has 15 nitrogen and oxygen atoms in total. The SMILES string of the molecule is [nH]1[nH]n2[nH][nH]n3[nH][nH][nH]n4[nH]n([nH]1)n2n34. The Morgan fingerprint density at radius 3 is 1.47 bits per heavy atom. The normalized spacial score (nSPS) is 12.0. The summed E-state index contributed by atoms with van der Waals surface area (Å²) in [5, 5.41) is 25.1. The van der Waals surface area contributed by atoms with E-state index < -0.39 is 0 Å². The number of nitrogens with one attached hydrogen (secondary N) is 9. The van der Waals surface area contributed by atoms with Crippen LogP contribution >= 0.6 is 0 Å². The van der Waals surface area contributed by atoms with Crippen LogP contribution in [0.15, 0.2) is 0 Å². The fourth-order valence-corrected chi connectivity index (χ4v) is 1.40. The van der Waals surface area contributed by atoms with Crippen molar-refractivity contribution in [3.8, 4) is 0 Å². The molecule has 0 aliphatic heterocycles. The highest BCUT2D eigenvalue weighted by atomic mass is 16.1. The summed E-state index contributed by atoms with van der Waals surface area (Å²) in [6, 6.07) is 0. The minimum absolute atomic E-state index is 1.52. The van der Waals surface area contributed by atoms with E-state index in [1.165, 1.54) is 9.49 Å². The molecule has 4 heterocycles. The Morgan fingerprint density at radius 2 is 0.933 bits per heavy atom. The van der Waals surface area contributed by atoms with Crippen molar-refractivity contribution in [1.82, 2.24) is 75.4 Å². The van der Waals surface area contributed by atoms with Crippen LogP contribution in [0.5, 0.6) is 0 Å². The van der Waals surface area contributed by atoms with Crippen LogP contribution in [0, 0.1) is 0 Å². The lowest BCUT2D eigenvalue weighted by Gasteiger charge is -2.07. The van der Waals surface area contributed by atoms with Gasteiger partial charge in [-0.25, -0.2) is 10.4 Å². The van der Waals surface area contributed by atoms with Gasteiger partial charge in [0.25, 0.3) is 0 Å². The van der Waals surface area contributed by atoms with Gasteiger partial charge in [0.05, 0.1) is 0 Å². The molecule has 4 aromatic heterocycles. The van der Waals surface area contributed by atoms with E-state index in [-0.39, 0.29) is 0 Å². The van der Waals surface area contributed by atoms with Gasteiger partial charge < -0.3 is 0 Å². The molecule has 0 spiro atoms. The molecule has 4 aromatic rings. The quantitative estimate of drug-likeness (QED) is 0.138. The van der Waals surface area contributed by atoms with Crippen LogP contribution in [-0.2, 0) is 0 Å². The molecule has 9 N–H and O–H groups in total. The Morgan fingerprint density at radius 1 is 0.467 bits per heavy atom. The van der Waals surface area contributed by atoms with Gasteiger partial charge in [-0.3, -0.25) is 0 Å². The van der Waals surface area contributed by atoms with Crippen molar-refractivity contribution in [3.05, 3.63) is 0 Å². The number of nitrogens with zero attached hydrogens (tertiary/aromatic N) is 6. The van der Waals surface area contributed by atoms with Crippen LogP contribution < -0.4 is 0 Å². The van der Waals surface area contributed by atoms with E-state index >= 15 is 0 Å². The highest BCUT2D eigenvalue weighted by molar-refractivity contribution is 4.30. The Balaban J connectivity index is 2.54. The Bertz CT molecular complexity index is 694. The summed E-state index contributed by atoms with van der Waals surface area (Å²) in [6.45, 7) is 0. The summed E-state index contributed by atoms with van der Waals surface area (Å²) in [5.41, 5.74) is 0. The fourth-order valence-electron chi connectivity index (χ4n) is 1.40. The van der Waals surface area contributed by atoms with Crippen LogP contribution in [0.4, 0.5) is 0 Å². The van der Waals surface area contributed by atoms with E-state index in [1.54, 1.807) is 19.0 Å². The topological polar surface area (TPSA) is 169 Å². The molecule has 0 fully saturated rings. The van der Waals surface area contributed by atoms with Crippen LogP contribution in [0.1, 0.15) is 0 Å². The zero-order valence-electron chi connectivity index (χ0n) is 7.18. The molecule has 0 radical (unpaired) electrons. The lowest BCUT2D eigenvalue weighted by molar-refractivity contribution is 0.215. The van der Waals surface area contributed by atoms with Gasteiger partial charge in [-0.05, 0) is 9.49 Å². The van der Waals surface area contributed by atoms with Crippen molar-refractivity contribution < 1.29 is 0 Å². The second-order valence-corrected chi connectivity index (χ2v) is 2.80. The molecule has 0 bridgehead atoms. The number of H-pyrrole nitrogens is 9. The molecule has 0 aromatic carbocycles. The minimum Gasteiger partial charge on any atom is -0.209 e. The van der Waals surface area contributed by atoms with E-state index in [4.69, 9.17) is 0 Å². The molecule has 0 saturated carbocycles.